The molecule has 2 nitrogen and oxygen atoms in total. The molecule has 1 rings (SSSR count). The summed E-state index contributed by atoms with van der Waals surface area (Å²) < 4.78 is 0. The molecule has 0 aliphatic rings. The Bertz CT molecular complexity index is 221. The summed E-state index contributed by atoms with van der Waals surface area (Å²) in [6, 6.07) is 10.1. The molecule has 12 heavy (non-hydrogen) atoms. The quantitative estimate of drug-likeness (QED) is 0.553. The van der Waals surface area contributed by atoms with Gasteiger partial charge in [0.2, 0.25) is 0 Å². The third kappa shape index (κ3) is 4.13. The molecule has 0 heterocycles. The van der Waals surface area contributed by atoms with Gasteiger partial charge in [0.1, 0.15) is 0 Å². The number of nitrogens with two attached hydrogens (primary N) is 1. The molecule has 0 radical (unpaired) electrons. The average Bonchev–Trinajstić information content (AvgIpc) is 2.07. The van der Waals surface area contributed by atoms with Crippen molar-refractivity contribution >= 4 is 18.5 Å². The number of hydrogen-bond acceptors (Lipinski definition) is 2. The highest BCUT2D eigenvalue weighted by Gasteiger charge is 1.80. The van der Waals surface area contributed by atoms with Gasteiger partial charge in [-0.2, -0.15) is 0 Å². The van der Waals surface area contributed by atoms with Gasteiger partial charge in [-0.3, -0.25) is 11.3 Å². The average molecular weight is 185 g/mol. The molecule has 0 spiro atoms. The molecule has 0 unspecified atom stereocenters. The number of hydrogen-bond donors (Lipinski definition) is 2. The van der Waals surface area contributed by atoms with E-state index >= 15 is 0 Å². The maximum Gasteiger partial charge on any atom is 0.0281 e. The van der Waals surface area contributed by atoms with Crippen molar-refractivity contribution in [3.8, 4) is 0 Å². The second-order valence-corrected chi connectivity index (χ2v) is 2.22. The molecule has 0 aliphatic carbocycles. The zero-order valence-electron chi connectivity index (χ0n) is 6.73. The molecule has 0 bridgehead atoms. The van der Waals surface area contributed by atoms with Crippen molar-refractivity contribution in [3.63, 3.8) is 0 Å². The van der Waals surface area contributed by atoms with Crippen molar-refractivity contribution in [2.75, 3.05) is 6.54 Å². The minimum absolute atomic E-state index is 0. The predicted molar refractivity (Wildman–Crippen MR) is 54.9 cm³/mol. The fourth-order valence-electron chi connectivity index (χ4n) is 0.827. The van der Waals surface area contributed by atoms with Crippen LogP contribution in [0.1, 0.15) is 5.56 Å². The van der Waals surface area contributed by atoms with Crippen molar-refractivity contribution in [3.05, 3.63) is 42.0 Å². The van der Waals surface area contributed by atoms with Crippen LogP contribution in [0.15, 0.2) is 36.4 Å². The van der Waals surface area contributed by atoms with Crippen LogP contribution in [0.3, 0.4) is 0 Å². The van der Waals surface area contributed by atoms with E-state index in [1.807, 2.05) is 42.5 Å². The van der Waals surface area contributed by atoms with E-state index in [9.17, 15) is 0 Å². The van der Waals surface area contributed by atoms with Crippen molar-refractivity contribution in [1.29, 1.82) is 0 Å². The van der Waals surface area contributed by atoms with Gasteiger partial charge in [0, 0.05) is 6.54 Å². The van der Waals surface area contributed by atoms with Gasteiger partial charge < -0.3 is 0 Å². The van der Waals surface area contributed by atoms with E-state index in [-0.39, 0.29) is 12.4 Å². The van der Waals surface area contributed by atoms with Crippen LogP contribution in [-0.4, -0.2) is 6.54 Å². The molecule has 0 aromatic heterocycles. The van der Waals surface area contributed by atoms with Gasteiger partial charge in [-0.15, -0.1) is 12.4 Å². The third-order valence-corrected chi connectivity index (χ3v) is 1.35. The number of benzene rings is 1. The van der Waals surface area contributed by atoms with Crippen LogP contribution in [0.4, 0.5) is 0 Å². The van der Waals surface area contributed by atoms with Gasteiger partial charge in [0.05, 0.1) is 0 Å². The first-order chi connectivity index (χ1) is 5.43. The van der Waals surface area contributed by atoms with Crippen molar-refractivity contribution in [2.24, 2.45) is 5.84 Å². The smallest absolute Gasteiger partial charge is 0.0281 e. The molecule has 0 aliphatic heterocycles. The highest BCUT2D eigenvalue weighted by Crippen LogP contribution is 1.99. The summed E-state index contributed by atoms with van der Waals surface area (Å²) in [6.45, 7) is 0.703. The predicted octanol–water partition coefficient (Wildman–Crippen LogP) is 1.58. The first-order valence-corrected chi connectivity index (χ1v) is 3.58. The van der Waals surface area contributed by atoms with E-state index in [1.165, 1.54) is 5.56 Å². The Labute approximate surface area is 78.8 Å². The Kier molecular flexibility index (Phi) is 6.38. The van der Waals surface area contributed by atoms with E-state index in [0.29, 0.717) is 6.54 Å². The van der Waals surface area contributed by atoms with Crippen LogP contribution in [0.25, 0.3) is 6.08 Å². The minimum atomic E-state index is 0. The first kappa shape index (κ1) is 11.2. The molecule has 3 N–H and O–H groups in total. The topological polar surface area (TPSA) is 38.0 Å². The second-order valence-electron chi connectivity index (χ2n) is 2.22. The zero-order valence-corrected chi connectivity index (χ0v) is 7.55. The lowest BCUT2D eigenvalue weighted by molar-refractivity contribution is 0.825. The SMILES string of the molecule is Cl.NNC/C=C/c1ccccc1. The summed E-state index contributed by atoms with van der Waals surface area (Å²) in [7, 11) is 0. The summed E-state index contributed by atoms with van der Waals surface area (Å²) >= 11 is 0. The number of rotatable bonds is 3. The largest absolute Gasteiger partial charge is 0.271 e. The Morgan fingerprint density at radius 3 is 2.50 bits per heavy atom. The van der Waals surface area contributed by atoms with Gasteiger partial charge in [-0.1, -0.05) is 42.5 Å². The van der Waals surface area contributed by atoms with Crippen molar-refractivity contribution in [1.82, 2.24) is 5.43 Å². The van der Waals surface area contributed by atoms with E-state index in [0.717, 1.165) is 0 Å². The minimum Gasteiger partial charge on any atom is -0.271 e. The van der Waals surface area contributed by atoms with Crippen LogP contribution < -0.4 is 11.3 Å². The molecule has 0 saturated carbocycles. The van der Waals surface area contributed by atoms with Crippen molar-refractivity contribution < 1.29 is 0 Å². The summed E-state index contributed by atoms with van der Waals surface area (Å²) in [5.74, 6) is 5.09. The number of nitrogens with one attached hydrogen (secondary N) is 1. The Balaban J connectivity index is 0.00000121. The van der Waals surface area contributed by atoms with Crippen LogP contribution in [0.2, 0.25) is 0 Å². The third-order valence-electron chi connectivity index (χ3n) is 1.35. The Morgan fingerprint density at radius 1 is 1.25 bits per heavy atom. The van der Waals surface area contributed by atoms with Gasteiger partial charge in [0.25, 0.3) is 0 Å². The van der Waals surface area contributed by atoms with E-state index < -0.39 is 0 Å². The van der Waals surface area contributed by atoms with Gasteiger partial charge in [-0.25, -0.2) is 0 Å². The summed E-state index contributed by atoms with van der Waals surface area (Å²) in [5.41, 5.74) is 3.75. The number of hydrazine groups is 1. The van der Waals surface area contributed by atoms with E-state index in [2.05, 4.69) is 5.43 Å². The maximum absolute atomic E-state index is 5.09. The molecule has 0 saturated heterocycles. The highest BCUT2D eigenvalue weighted by molar-refractivity contribution is 5.85. The second kappa shape index (κ2) is 6.85. The molecule has 3 heteroatoms. The van der Waals surface area contributed by atoms with Crippen LogP contribution in [0.5, 0.6) is 0 Å². The molecule has 0 amide bonds. The normalized spacial score (nSPS) is 9.75. The summed E-state index contributed by atoms with van der Waals surface area (Å²) in [6.07, 6.45) is 4.01. The zero-order chi connectivity index (χ0) is 7.94. The molecule has 1 aromatic rings. The molecular formula is C9H13ClN2. The lowest BCUT2D eigenvalue weighted by Gasteiger charge is -1.90. The summed E-state index contributed by atoms with van der Waals surface area (Å²) in [5, 5.41) is 0. The van der Waals surface area contributed by atoms with Crippen LogP contribution in [-0.2, 0) is 0 Å². The van der Waals surface area contributed by atoms with Gasteiger partial charge in [0.15, 0.2) is 0 Å². The molecular weight excluding hydrogens is 172 g/mol. The molecule has 0 fully saturated rings. The van der Waals surface area contributed by atoms with E-state index in [1.54, 1.807) is 0 Å². The Morgan fingerprint density at radius 2 is 1.92 bits per heavy atom. The van der Waals surface area contributed by atoms with E-state index in [4.69, 9.17) is 5.84 Å². The molecule has 1 aromatic carbocycles. The fourth-order valence-corrected chi connectivity index (χ4v) is 0.827. The standard InChI is InChI=1S/C9H12N2.ClH/c10-11-8-4-7-9-5-2-1-3-6-9;/h1-7,11H,8,10H2;1H/b7-4+;. The van der Waals surface area contributed by atoms with Gasteiger partial charge in [-0.05, 0) is 5.56 Å². The lowest BCUT2D eigenvalue weighted by atomic mass is 10.2. The van der Waals surface area contributed by atoms with Crippen LogP contribution in [0, 0.1) is 0 Å². The number of halogens is 1. The lowest BCUT2D eigenvalue weighted by Crippen LogP contribution is -2.21. The van der Waals surface area contributed by atoms with Crippen LogP contribution >= 0.6 is 12.4 Å². The Hall–Kier alpha value is -0.830. The molecule has 66 valence electrons. The monoisotopic (exact) mass is 184 g/mol. The fraction of sp³-hybridized carbons (Fsp3) is 0.111. The molecule has 0 atom stereocenters. The van der Waals surface area contributed by atoms with Gasteiger partial charge >= 0.3 is 0 Å². The highest BCUT2D eigenvalue weighted by atomic mass is 35.5. The van der Waals surface area contributed by atoms with Crippen molar-refractivity contribution in [2.45, 2.75) is 0 Å². The summed E-state index contributed by atoms with van der Waals surface area (Å²) in [4.78, 5) is 0. The maximum atomic E-state index is 5.09. The first-order valence-electron chi connectivity index (χ1n) is 3.58.